The summed E-state index contributed by atoms with van der Waals surface area (Å²) in [4.78, 5) is 12.8. The van der Waals surface area contributed by atoms with Crippen LogP contribution in [0.15, 0.2) is 76.7 Å². The third-order valence-electron chi connectivity index (χ3n) is 4.68. The highest BCUT2D eigenvalue weighted by molar-refractivity contribution is 7.92. The van der Waals surface area contributed by atoms with Crippen LogP contribution >= 0.6 is 23.2 Å². The molecule has 1 amide bonds. The lowest BCUT2D eigenvalue weighted by molar-refractivity contribution is -0.119. The van der Waals surface area contributed by atoms with Gasteiger partial charge in [-0.15, -0.1) is 0 Å². The molecule has 0 bridgehead atoms. The average molecular weight is 520 g/mol. The third-order valence-corrected chi connectivity index (χ3v) is 7.19. The van der Waals surface area contributed by atoms with Crippen LogP contribution < -0.4 is 14.5 Å². The fraction of sp³-hybridized carbons (Fsp3) is 0.167. The molecule has 0 spiro atoms. The van der Waals surface area contributed by atoms with E-state index in [1.54, 1.807) is 61.5 Å². The van der Waals surface area contributed by atoms with E-state index in [2.05, 4.69) is 10.5 Å². The summed E-state index contributed by atoms with van der Waals surface area (Å²) in [5.41, 5.74) is 4.12. The van der Waals surface area contributed by atoms with E-state index in [1.807, 2.05) is 6.92 Å². The highest BCUT2D eigenvalue weighted by Crippen LogP contribution is 2.32. The molecule has 178 valence electrons. The van der Waals surface area contributed by atoms with E-state index in [1.165, 1.54) is 18.3 Å². The van der Waals surface area contributed by atoms with E-state index < -0.39 is 22.5 Å². The number of carbonyl (C=O) groups is 1. The fourth-order valence-electron chi connectivity index (χ4n) is 3.02. The number of anilines is 1. The zero-order chi connectivity index (χ0) is 24.7. The van der Waals surface area contributed by atoms with Crippen LogP contribution in [-0.2, 0) is 14.8 Å². The number of ether oxygens (including phenoxy) is 1. The van der Waals surface area contributed by atoms with Gasteiger partial charge in [-0.2, -0.15) is 5.10 Å². The normalized spacial score (nSPS) is 11.4. The number of aryl methyl sites for hydroxylation is 1. The molecule has 7 nitrogen and oxygen atoms in total. The molecule has 0 aromatic heterocycles. The van der Waals surface area contributed by atoms with Crippen LogP contribution in [0.5, 0.6) is 5.75 Å². The van der Waals surface area contributed by atoms with E-state index in [-0.39, 0.29) is 10.6 Å². The van der Waals surface area contributed by atoms with Gasteiger partial charge in [-0.25, -0.2) is 13.8 Å². The number of hydrazone groups is 1. The van der Waals surface area contributed by atoms with E-state index in [4.69, 9.17) is 27.9 Å². The molecule has 1 N–H and O–H groups in total. The van der Waals surface area contributed by atoms with Crippen molar-refractivity contribution in [1.29, 1.82) is 0 Å². The summed E-state index contributed by atoms with van der Waals surface area (Å²) >= 11 is 11.9. The third kappa shape index (κ3) is 6.28. The number of hydrogen-bond acceptors (Lipinski definition) is 5. The lowest BCUT2D eigenvalue weighted by Crippen LogP contribution is -2.39. The van der Waals surface area contributed by atoms with E-state index in [9.17, 15) is 13.2 Å². The number of carbonyl (C=O) groups excluding carboxylic acids is 1. The maximum absolute atomic E-state index is 13.5. The van der Waals surface area contributed by atoms with Gasteiger partial charge < -0.3 is 4.74 Å². The van der Waals surface area contributed by atoms with E-state index in [0.717, 1.165) is 9.87 Å². The number of nitrogens with zero attached hydrogens (tertiary/aromatic N) is 2. The lowest BCUT2D eigenvalue weighted by Gasteiger charge is -2.25. The molecule has 0 saturated carbocycles. The largest absolute Gasteiger partial charge is 0.492 e. The first-order valence-corrected chi connectivity index (χ1v) is 12.5. The number of para-hydroxylation sites is 2. The quantitative estimate of drug-likeness (QED) is 0.316. The summed E-state index contributed by atoms with van der Waals surface area (Å²) in [7, 11) is -4.09. The van der Waals surface area contributed by atoms with Gasteiger partial charge in [0.15, 0.2) is 0 Å². The molecular formula is C24H23Cl2N3O4S. The minimum Gasteiger partial charge on any atom is -0.492 e. The maximum Gasteiger partial charge on any atom is 0.264 e. The molecule has 3 aromatic carbocycles. The predicted molar refractivity (Wildman–Crippen MR) is 136 cm³/mol. The first kappa shape index (κ1) is 25.6. The lowest BCUT2D eigenvalue weighted by atomic mass is 10.2. The number of benzene rings is 3. The van der Waals surface area contributed by atoms with Crippen molar-refractivity contribution >= 4 is 51.0 Å². The molecule has 0 unspecified atom stereocenters. The molecule has 0 heterocycles. The Morgan fingerprint density at radius 1 is 1.06 bits per heavy atom. The number of sulfonamides is 1. The Morgan fingerprint density at radius 2 is 1.76 bits per heavy atom. The first-order chi connectivity index (χ1) is 16.2. The van der Waals surface area contributed by atoms with Crippen LogP contribution in [0.25, 0.3) is 0 Å². The Morgan fingerprint density at radius 3 is 2.44 bits per heavy atom. The molecule has 0 fully saturated rings. The topological polar surface area (TPSA) is 88.1 Å². The molecule has 0 atom stereocenters. The van der Waals surface area contributed by atoms with Crippen molar-refractivity contribution in [2.24, 2.45) is 5.10 Å². The second kappa shape index (κ2) is 11.4. The zero-order valence-electron chi connectivity index (χ0n) is 18.5. The van der Waals surface area contributed by atoms with Gasteiger partial charge in [-0.1, -0.05) is 59.1 Å². The molecule has 0 aliphatic heterocycles. The molecular weight excluding hydrogens is 497 g/mol. The summed E-state index contributed by atoms with van der Waals surface area (Å²) in [5.74, 6) is -0.300. The second-order valence-corrected chi connectivity index (χ2v) is 9.87. The Labute approximate surface area is 209 Å². The highest BCUT2D eigenvalue weighted by atomic mass is 35.5. The van der Waals surface area contributed by atoms with E-state index in [0.29, 0.717) is 28.0 Å². The number of rotatable bonds is 9. The Bertz CT molecular complexity index is 1300. The summed E-state index contributed by atoms with van der Waals surface area (Å²) in [5, 5.41) is 4.65. The van der Waals surface area contributed by atoms with Crippen molar-refractivity contribution in [1.82, 2.24) is 5.43 Å². The predicted octanol–water partition coefficient (Wildman–Crippen LogP) is 5.05. The molecule has 34 heavy (non-hydrogen) atoms. The molecule has 0 radical (unpaired) electrons. The molecule has 3 aromatic rings. The van der Waals surface area contributed by atoms with Crippen LogP contribution in [0, 0.1) is 6.92 Å². The van der Waals surface area contributed by atoms with Gasteiger partial charge in [0.25, 0.3) is 15.9 Å². The van der Waals surface area contributed by atoms with Gasteiger partial charge in [0, 0.05) is 0 Å². The summed E-state index contributed by atoms with van der Waals surface area (Å²) < 4.78 is 33.7. The van der Waals surface area contributed by atoms with Crippen LogP contribution in [0.3, 0.4) is 0 Å². The van der Waals surface area contributed by atoms with Crippen molar-refractivity contribution in [2.45, 2.75) is 18.7 Å². The Balaban J connectivity index is 1.89. The van der Waals surface area contributed by atoms with Gasteiger partial charge in [0.2, 0.25) is 0 Å². The molecule has 3 rings (SSSR count). The summed E-state index contributed by atoms with van der Waals surface area (Å²) in [6, 6.07) is 17.9. The monoisotopic (exact) mass is 519 g/mol. The van der Waals surface area contributed by atoms with Gasteiger partial charge in [0.1, 0.15) is 12.3 Å². The van der Waals surface area contributed by atoms with Crippen LogP contribution in [0.1, 0.15) is 18.1 Å². The number of hydrogen-bond donors (Lipinski definition) is 1. The molecule has 10 heteroatoms. The van der Waals surface area contributed by atoms with Gasteiger partial charge in [-0.05, 0) is 55.8 Å². The van der Waals surface area contributed by atoms with Crippen molar-refractivity contribution < 1.29 is 17.9 Å². The highest BCUT2D eigenvalue weighted by Gasteiger charge is 2.29. The first-order valence-electron chi connectivity index (χ1n) is 10.3. The van der Waals surface area contributed by atoms with E-state index >= 15 is 0 Å². The fourth-order valence-corrected chi connectivity index (χ4v) is 4.75. The molecule has 0 aliphatic rings. The van der Waals surface area contributed by atoms with Gasteiger partial charge in [0.05, 0.1) is 33.4 Å². The Hall–Kier alpha value is -3.07. The van der Waals surface area contributed by atoms with Crippen molar-refractivity contribution in [3.05, 3.63) is 87.9 Å². The summed E-state index contributed by atoms with van der Waals surface area (Å²) in [6.45, 7) is 3.46. The number of halogens is 2. The van der Waals surface area contributed by atoms with Crippen LogP contribution in [-0.4, -0.2) is 33.7 Å². The zero-order valence-corrected chi connectivity index (χ0v) is 20.9. The Kier molecular flexibility index (Phi) is 8.55. The average Bonchev–Trinajstić information content (AvgIpc) is 2.81. The number of nitrogens with one attached hydrogen (secondary N) is 1. The molecule has 0 saturated heterocycles. The van der Waals surface area contributed by atoms with Crippen LogP contribution in [0.2, 0.25) is 10.0 Å². The minimum atomic E-state index is -4.09. The van der Waals surface area contributed by atoms with Crippen molar-refractivity contribution in [3.8, 4) is 5.75 Å². The SMILES string of the molecule is CCOc1ccccc1N(CC(=O)N/N=C\c1ccc(Cl)c(Cl)c1)S(=O)(=O)c1ccc(C)cc1. The summed E-state index contributed by atoms with van der Waals surface area (Å²) in [6.07, 6.45) is 1.38. The van der Waals surface area contributed by atoms with Gasteiger partial charge >= 0.3 is 0 Å². The minimum absolute atomic E-state index is 0.0523. The van der Waals surface area contributed by atoms with Crippen molar-refractivity contribution in [3.63, 3.8) is 0 Å². The van der Waals surface area contributed by atoms with Gasteiger partial charge in [-0.3, -0.25) is 9.10 Å². The maximum atomic E-state index is 13.5. The second-order valence-electron chi connectivity index (χ2n) is 7.19. The standard InChI is InChI=1S/C24H23Cl2N3O4S/c1-3-33-23-7-5-4-6-22(23)29(34(31,32)19-11-8-17(2)9-12-19)16-24(30)28-27-15-18-10-13-20(25)21(26)14-18/h4-15H,3,16H2,1-2H3,(H,28,30)/b27-15-. The molecule has 0 aliphatic carbocycles. The van der Waals surface area contributed by atoms with Crippen LogP contribution in [0.4, 0.5) is 5.69 Å². The van der Waals surface area contributed by atoms with Crippen molar-refractivity contribution in [2.75, 3.05) is 17.5 Å². The number of amides is 1. The smallest absolute Gasteiger partial charge is 0.264 e.